The average molecular weight is 627 g/mol. The summed E-state index contributed by atoms with van der Waals surface area (Å²) in [5.74, 6) is 0. The van der Waals surface area contributed by atoms with E-state index in [4.69, 9.17) is 0 Å². The van der Waals surface area contributed by atoms with Gasteiger partial charge in [0.1, 0.15) is 0 Å². The fraction of sp³-hybridized carbons (Fsp3) is 0.0638. The van der Waals surface area contributed by atoms with Crippen molar-refractivity contribution >= 4 is 60.4 Å². The van der Waals surface area contributed by atoms with Crippen molar-refractivity contribution in [2.24, 2.45) is 0 Å². The Morgan fingerprint density at radius 3 is 1.96 bits per heavy atom. The molecule has 0 bridgehead atoms. The summed E-state index contributed by atoms with van der Waals surface area (Å²) in [6, 6.07) is 62.5. The number of nitrogens with zero attached hydrogens (tertiary/aromatic N) is 2. The van der Waals surface area contributed by atoms with E-state index >= 15 is 0 Å². The Bertz CT molecular complexity index is 2750. The van der Waals surface area contributed by atoms with E-state index in [2.05, 4.69) is 193 Å². The number of rotatable bonds is 4. The van der Waals surface area contributed by atoms with E-state index in [0.717, 1.165) is 11.4 Å². The molecule has 0 spiro atoms. The van der Waals surface area contributed by atoms with E-state index in [9.17, 15) is 0 Å². The van der Waals surface area contributed by atoms with Crippen LogP contribution in [-0.4, -0.2) is 4.57 Å². The fourth-order valence-corrected chi connectivity index (χ4v) is 8.50. The predicted molar refractivity (Wildman–Crippen MR) is 208 cm³/mol. The first kappa shape index (κ1) is 27.9. The standard InChI is InChI=1S/C47H34N2/c1-47(2)40-23-12-10-22-39(40)46-41(47)24-14-26-43(46)49(44-29-31-15-6-7-18-34(31)35-19-8-9-20-36(35)44)33-27-28-38-37-21-11-13-25-42(37)48(45(38)30-33)32-16-4-3-5-17-32/h3-30H,1-2H3. The number of benzene rings is 8. The van der Waals surface area contributed by atoms with Crippen molar-refractivity contribution in [1.82, 2.24) is 4.57 Å². The van der Waals surface area contributed by atoms with E-state index in [-0.39, 0.29) is 5.41 Å². The third-order valence-electron chi connectivity index (χ3n) is 10.7. The molecule has 10 rings (SSSR count). The second kappa shape index (κ2) is 10.4. The summed E-state index contributed by atoms with van der Waals surface area (Å²) in [5, 5.41) is 7.49. The van der Waals surface area contributed by atoms with Gasteiger partial charge in [-0.05, 0) is 75.3 Å². The molecule has 0 aliphatic heterocycles. The maximum Gasteiger partial charge on any atom is 0.0561 e. The van der Waals surface area contributed by atoms with Gasteiger partial charge < -0.3 is 9.47 Å². The number of para-hydroxylation sites is 2. The van der Waals surface area contributed by atoms with Gasteiger partial charge in [-0.2, -0.15) is 0 Å². The molecule has 1 aromatic heterocycles. The van der Waals surface area contributed by atoms with Crippen molar-refractivity contribution in [3.8, 4) is 16.8 Å². The Morgan fingerprint density at radius 2 is 1.10 bits per heavy atom. The number of fused-ring (bicyclic) bond motifs is 9. The quantitative estimate of drug-likeness (QED) is 0.176. The largest absolute Gasteiger partial charge is 0.309 e. The molecular weight excluding hydrogens is 593 g/mol. The third-order valence-corrected chi connectivity index (χ3v) is 10.7. The molecule has 0 radical (unpaired) electrons. The van der Waals surface area contributed by atoms with Gasteiger partial charge >= 0.3 is 0 Å². The van der Waals surface area contributed by atoms with Crippen LogP contribution in [0, 0.1) is 0 Å². The first-order valence-electron chi connectivity index (χ1n) is 17.1. The van der Waals surface area contributed by atoms with Gasteiger partial charge in [-0.3, -0.25) is 0 Å². The van der Waals surface area contributed by atoms with Crippen LogP contribution in [0.1, 0.15) is 25.0 Å². The normalized spacial score (nSPS) is 13.3. The van der Waals surface area contributed by atoms with Crippen molar-refractivity contribution in [1.29, 1.82) is 0 Å². The summed E-state index contributed by atoms with van der Waals surface area (Å²) in [6.45, 7) is 4.73. The minimum absolute atomic E-state index is 0.108. The zero-order valence-electron chi connectivity index (χ0n) is 27.6. The maximum absolute atomic E-state index is 2.53. The molecule has 9 aromatic rings. The highest BCUT2D eigenvalue weighted by Crippen LogP contribution is 2.55. The molecule has 1 aliphatic carbocycles. The van der Waals surface area contributed by atoms with E-state index in [1.165, 1.54) is 77.0 Å². The molecule has 232 valence electrons. The van der Waals surface area contributed by atoms with Gasteiger partial charge in [-0.1, -0.05) is 141 Å². The minimum Gasteiger partial charge on any atom is -0.309 e. The summed E-state index contributed by atoms with van der Waals surface area (Å²) in [4.78, 5) is 2.53. The van der Waals surface area contributed by atoms with Gasteiger partial charge in [-0.25, -0.2) is 0 Å². The molecule has 0 amide bonds. The van der Waals surface area contributed by atoms with Gasteiger partial charge in [0, 0.05) is 38.5 Å². The molecule has 0 saturated carbocycles. The summed E-state index contributed by atoms with van der Waals surface area (Å²) < 4.78 is 2.42. The molecule has 0 N–H and O–H groups in total. The van der Waals surface area contributed by atoms with Crippen molar-refractivity contribution < 1.29 is 0 Å². The van der Waals surface area contributed by atoms with Crippen LogP contribution in [0.25, 0.3) is 60.2 Å². The van der Waals surface area contributed by atoms with E-state index < -0.39 is 0 Å². The van der Waals surface area contributed by atoms with Gasteiger partial charge in [-0.15, -0.1) is 0 Å². The first-order chi connectivity index (χ1) is 24.1. The SMILES string of the molecule is CC1(C)c2ccccc2-c2c(N(c3ccc4c5ccccc5n(-c5ccccc5)c4c3)c3cc4ccccc4c4ccccc34)cccc21. The molecule has 0 atom stereocenters. The Labute approximate surface area is 286 Å². The van der Waals surface area contributed by atoms with Crippen LogP contribution in [0.2, 0.25) is 0 Å². The summed E-state index contributed by atoms with van der Waals surface area (Å²) in [6.07, 6.45) is 0. The van der Waals surface area contributed by atoms with Crippen LogP contribution in [0.3, 0.4) is 0 Å². The molecule has 49 heavy (non-hydrogen) atoms. The van der Waals surface area contributed by atoms with Gasteiger partial charge in [0.2, 0.25) is 0 Å². The topological polar surface area (TPSA) is 8.17 Å². The zero-order valence-corrected chi connectivity index (χ0v) is 27.6. The zero-order chi connectivity index (χ0) is 32.7. The lowest BCUT2D eigenvalue weighted by Crippen LogP contribution is -2.16. The lowest BCUT2D eigenvalue weighted by Gasteiger charge is -2.30. The van der Waals surface area contributed by atoms with Crippen LogP contribution in [-0.2, 0) is 5.41 Å². The van der Waals surface area contributed by atoms with E-state index in [1.54, 1.807) is 0 Å². The van der Waals surface area contributed by atoms with Crippen molar-refractivity contribution in [3.63, 3.8) is 0 Å². The summed E-state index contributed by atoms with van der Waals surface area (Å²) >= 11 is 0. The molecule has 0 fully saturated rings. The van der Waals surface area contributed by atoms with Crippen molar-refractivity contribution in [3.05, 3.63) is 181 Å². The predicted octanol–water partition coefficient (Wildman–Crippen LogP) is 12.9. The Hall–Kier alpha value is -6.12. The molecule has 1 heterocycles. The second-order valence-electron chi connectivity index (χ2n) is 13.8. The van der Waals surface area contributed by atoms with Gasteiger partial charge in [0.15, 0.2) is 0 Å². The highest BCUT2D eigenvalue weighted by Gasteiger charge is 2.38. The number of anilines is 3. The van der Waals surface area contributed by atoms with Crippen LogP contribution >= 0.6 is 0 Å². The number of hydrogen-bond acceptors (Lipinski definition) is 1. The monoisotopic (exact) mass is 626 g/mol. The molecule has 2 nitrogen and oxygen atoms in total. The molecule has 8 aromatic carbocycles. The molecule has 2 heteroatoms. The lowest BCUT2D eigenvalue weighted by molar-refractivity contribution is 0.660. The Morgan fingerprint density at radius 1 is 0.449 bits per heavy atom. The van der Waals surface area contributed by atoms with Crippen LogP contribution in [0.15, 0.2) is 170 Å². The molecule has 0 saturated heterocycles. The first-order valence-corrected chi connectivity index (χ1v) is 17.1. The van der Waals surface area contributed by atoms with Crippen LogP contribution < -0.4 is 4.90 Å². The fourth-order valence-electron chi connectivity index (χ4n) is 8.50. The Kier molecular flexibility index (Phi) is 5.95. The molecule has 0 unspecified atom stereocenters. The summed E-state index contributed by atoms with van der Waals surface area (Å²) in [5.41, 5.74) is 12.3. The van der Waals surface area contributed by atoms with Crippen molar-refractivity contribution in [2.45, 2.75) is 19.3 Å². The van der Waals surface area contributed by atoms with Crippen LogP contribution in [0.4, 0.5) is 17.1 Å². The van der Waals surface area contributed by atoms with Crippen LogP contribution in [0.5, 0.6) is 0 Å². The number of aromatic nitrogens is 1. The minimum atomic E-state index is -0.108. The Balaban J connectivity index is 1.34. The van der Waals surface area contributed by atoms with Gasteiger partial charge in [0.25, 0.3) is 0 Å². The molecular formula is C47H34N2. The lowest BCUT2D eigenvalue weighted by atomic mass is 9.82. The second-order valence-corrected chi connectivity index (χ2v) is 13.8. The summed E-state index contributed by atoms with van der Waals surface area (Å²) in [7, 11) is 0. The smallest absolute Gasteiger partial charge is 0.0561 e. The molecule has 1 aliphatic rings. The van der Waals surface area contributed by atoms with E-state index in [1.807, 2.05) is 0 Å². The highest BCUT2D eigenvalue weighted by atomic mass is 15.1. The third kappa shape index (κ3) is 4.01. The highest BCUT2D eigenvalue weighted by molar-refractivity contribution is 6.16. The number of hydrogen-bond donors (Lipinski definition) is 0. The van der Waals surface area contributed by atoms with Crippen molar-refractivity contribution in [2.75, 3.05) is 4.90 Å². The maximum atomic E-state index is 2.53. The van der Waals surface area contributed by atoms with E-state index in [0.29, 0.717) is 0 Å². The average Bonchev–Trinajstić information content (AvgIpc) is 3.61. The van der Waals surface area contributed by atoms with Gasteiger partial charge in [0.05, 0.1) is 22.4 Å².